The highest BCUT2D eigenvalue weighted by atomic mass is 15.2. The Kier molecular flexibility index (Phi) is 6.74. The quantitative estimate of drug-likeness (QED) is 0.698. The summed E-state index contributed by atoms with van der Waals surface area (Å²) in [7, 11) is 0. The molecule has 2 heteroatoms. The maximum atomic E-state index is 4.18. The molecule has 1 fully saturated rings. The molecule has 1 rings (SSSR count). The zero-order valence-corrected chi connectivity index (χ0v) is 11.1. The lowest BCUT2D eigenvalue weighted by Gasteiger charge is -2.29. The molecule has 1 unspecified atom stereocenters. The van der Waals surface area contributed by atoms with Gasteiger partial charge < -0.3 is 5.32 Å². The van der Waals surface area contributed by atoms with Gasteiger partial charge in [0.15, 0.2) is 0 Å². The van der Waals surface area contributed by atoms with E-state index < -0.39 is 0 Å². The topological polar surface area (TPSA) is 15.3 Å². The number of rotatable bonds is 6. The van der Waals surface area contributed by atoms with E-state index in [1.54, 1.807) is 0 Å². The second-order valence-electron chi connectivity index (χ2n) is 4.91. The monoisotopic (exact) mass is 224 g/mol. The van der Waals surface area contributed by atoms with E-state index in [0.717, 1.165) is 25.7 Å². The summed E-state index contributed by atoms with van der Waals surface area (Å²) >= 11 is 0. The number of likely N-dealkylation sites (N-methyl/N-ethyl adjacent to an activating group) is 1. The highest BCUT2D eigenvalue weighted by molar-refractivity contribution is 5.00. The molecule has 0 radical (unpaired) electrons. The number of hydrogen-bond acceptors (Lipinski definition) is 2. The molecule has 1 aliphatic rings. The van der Waals surface area contributed by atoms with Gasteiger partial charge in [0.1, 0.15) is 0 Å². The van der Waals surface area contributed by atoms with E-state index in [2.05, 4.69) is 30.6 Å². The Morgan fingerprint density at radius 2 is 2.12 bits per heavy atom. The van der Waals surface area contributed by atoms with Gasteiger partial charge in [-0.3, -0.25) is 4.90 Å². The Bertz CT molecular complexity index is 201. The van der Waals surface area contributed by atoms with Crippen molar-refractivity contribution >= 4 is 0 Å². The summed E-state index contributed by atoms with van der Waals surface area (Å²) in [4.78, 5) is 2.65. The van der Waals surface area contributed by atoms with Crippen LogP contribution in [0, 0.1) is 0 Å². The van der Waals surface area contributed by atoms with Crippen LogP contribution in [0.3, 0.4) is 0 Å². The Morgan fingerprint density at radius 1 is 1.31 bits per heavy atom. The number of nitrogens with one attached hydrogen (secondary N) is 1. The third-order valence-electron chi connectivity index (χ3n) is 3.52. The molecule has 0 bridgehead atoms. The fourth-order valence-corrected chi connectivity index (χ4v) is 2.55. The molecule has 0 saturated carbocycles. The molecule has 0 aromatic carbocycles. The van der Waals surface area contributed by atoms with Gasteiger partial charge in [-0.25, -0.2) is 0 Å². The van der Waals surface area contributed by atoms with E-state index in [1.165, 1.54) is 44.2 Å². The maximum Gasteiger partial charge on any atom is 0.0205 e. The molecule has 0 spiro atoms. The third kappa shape index (κ3) is 4.67. The lowest BCUT2D eigenvalue weighted by atomic mass is 10.1. The highest BCUT2D eigenvalue weighted by Gasteiger charge is 2.19. The molecule has 0 amide bonds. The van der Waals surface area contributed by atoms with Crippen molar-refractivity contribution in [2.75, 3.05) is 26.2 Å². The van der Waals surface area contributed by atoms with Crippen molar-refractivity contribution < 1.29 is 0 Å². The Morgan fingerprint density at radius 3 is 2.81 bits per heavy atom. The van der Waals surface area contributed by atoms with Crippen LogP contribution < -0.4 is 5.32 Å². The molecule has 0 aromatic heterocycles. The second kappa shape index (κ2) is 7.86. The molecule has 0 aliphatic carbocycles. The summed E-state index contributed by atoms with van der Waals surface area (Å²) in [6.07, 6.45) is 6.85. The predicted octanol–water partition coefficient (Wildman–Crippen LogP) is 2.81. The Hall–Kier alpha value is -0.340. The van der Waals surface area contributed by atoms with E-state index >= 15 is 0 Å². The summed E-state index contributed by atoms with van der Waals surface area (Å²) < 4.78 is 0. The van der Waals surface area contributed by atoms with Crippen molar-refractivity contribution in [3.63, 3.8) is 0 Å². The molecule has 94 valence electrons. The lowest BCUT2D eigenvalue weighted by Crippen LogP contribution is -2.37. The van der Waals surface area contributed by atoms with Crippen molar-refractivity contribution in [3.05, 3.63) is 12.2 Å². The smallest absolute Gasteiger partial charge is 0.0205 e. The zero-order chi connectivity index (χ0) is 11.8. The van der Waals surface area contributed by atoms with Crippen LogP contribution in [-0.4, -0.2) is 37.1 Å². The summed E-state index contributed by atoms with van der Waals surface area (Å²) in [5.41, 5.74) is 1.34. The van der Waals surface area contributed by atoms with Crippen LogP contribution in [0.4, 0.5) is 0 Å². The first kappa shape index (κ1) is 13.7. The van der Waals surface area contributed by atoms with Gasteiger partial charge in [-0.15, -0.1) is 0 Å². The van der Waals surface area contributed by atoms with Gasteiger partial charge in [0, 0.05) is 19.1 Å². The fraction of sp³-hybridized carbons (Fsp3) is 0.857. The average molecular weight is 224 g/mol. The predicted molar refractivity (Wildman–Crippen MR) is 71.8 cm³/mol. The number of nitrogens with zero attached hydrogens (tertiary/aromatic N) is 1. The van der Waals surface area contributed by atoms with Crippen molar-refractivity contribution in [2.24, 2.45) is 0 Å². The molecule has 0 aromatic rings. The first-order chi connectivity index (χ1) is 7.77. The van der Waals surface area contributed by atoms with E-state index in [9.17, 15) is 0 Å². The lowest BCUT2D eigenvalue weighted by molar-refractivity contribution is 0.210. The molecule has 1 atom stereocenters. The average Bonchev–Trinajstić information content (AvgIpc) is 2.51. The van der Waals surface area contributed by atoms with Crippen molar-refractivity contribution in [3.8, 4) is 0 Å². The van der Waals surface area contributed by atoms with Crippen LogP contribution in [0.5, 0.6) is 0 Å². The van der Waals surface area contributed by atoms with E-state index in [0.29, 0.717) is 0 Å². The Balaban J connectivity index is 2.38. The van der Waals surface area contributed by atoms with Gasteiger partial charge in [-0.2, -0.15) is 0 Å². The minimum Gasteiger partial charge on any atom is -0.313 e. The largest absolute Gasteiger partial charge is 0.313 e. The normalized spacial score (nSPS) is 23.0. The third-order valence-corrected chi connectivity index (χ3v) is 3.52. The standard InChI is InChI=1S/C14H28N2/c1-4-14-9-7-6-8-10-16(14)12-13(3)11-15-5-2/h14-15H,3-12H2,1-2H3. The first-order valence-electron chi connectivity index (χ1n) is 6.89. The van der Waals surface area contributed by atoms with E-state index in [1.807, 2.05) is 0 Å². The molecular formula is C14H28N2. The van der Waals surface area contributed by atoms with Gasteiger partial charge in [0.25, 0.3) is 0 Å². The van der Waals surface area contributed by atoms with E-state index in [4.69, 9.17) is 0 Å². The first-order valence-corrected chi connectivity index (χ1v) is 6.89. The molecular weight excluding hydrogens is 196 g/mol. The van der Waals surface area contributed by atoms with Gasteiger partial charge in [0.2, 0.25) is 0 Å². The molecule has 1 heterocycles. The molecule has 2 nitrogen and oxygen atoms in total. The minimum atomic E-state index is 0.792. The number of hydrogen-bond donors (Lipinski definition) is 1. The van der Waals surface area contributed by atoms with Crippen molar-refractivity contribution in [2.45, 2.75) is 52.0 Å². The Labute approximate surface area is 101 Å². The maximum absolute atomic E-state index is 4.18. The SMILES string of the molecule is C=C(CNCC)CN1CCCCCC1CC. The zero-order valence-electron chi connectivity index (χ0n) is 11.1. The van der Waals surface area contributed by atoms with Crippen LogP contribution >= 0.6 is 0 Å². The van der Waals surface area contributed by atoms with E-state index in [-0.39, 0.29) is 0 Å². The molecule has 1 aliphatic heterocycles. The molecule has 1 N–H and O–H groups in total. The summed E-state index contributed by atoms with van der Waals surface area (Å²) in [5, 5.41) is 3.36. The summed E-state index contributed by atoms with van der Waals surface area (Å²) in [6.45, 7) is 13.0. The highest BCUT2D eigenvalue weighted by Crippen LogP contribution is 2.19. The fourth-order valence-electron chi connectivity index (χ4n) is 2.55. The van der Waals surface area contributed by atoms with Crippen LogP contribution in [0.1, 0.15) is 46.0 Å². The summed E-state index contributed by atoms with van der Waals surface area (Å²) in [5.74, 6) is 0. The van der Waals surface area contributed by atoms with Crippen LogP contribution in [0.15, 0.2) is 12.2 Å². The van der Waals surface area contributed by atoms with Crippen LogP contribution in [0.2, 0.25) is 0 Å². The molecule has 16 heavy (non-hydrogen) atoms. The second-order valence-corrected chi connectivity index (χ2v) is 4.91. The van der Waals surface area contributed by atoms with Crippen molar-refractivity contribution in [1.29, 1.82) is 0 Å². The summed E-state index contributed by atoms with van der Waals surface area (Å²) in [6, 6.07) is 0.792. The van der Waals surface area contributed by atoms with Gasteiger partial charge >= 0.3 is 0 Å². The van der Waals surface area contributed by atoms with Gasteiger partial charge in [-0.05, 0) is 37.9 Å². The van der Waals surface area contributed by atoms with Crippen LogP contribution in [0.25, 0.3) is 0 Å². The van der Waals surface area contributed by atoms with Gasteiger partial charge in [-0.1, -0.05) is 33.3 Å². The number of likely N-dealkylation sites (tertiary alicyclic amines) is 1. The molecule has 1 saturated heterocycles. The minimum absolute atomic E-state index is 0.792. The van der Waals surface area contributed by atoms with Crippen molar-refractivity contribution in [1.82, 2.24) is 10.2 Å². The van der Waals surface area contributed by atoms with Crippen LogP contribution in [-0.2, 0) is 0 Å². The van der Waals surface area contributed by atoms with Gasteiger partial charge in [0.05, 0.1) is 0 Å².